The highest BCUT2D eigenvalue weighted by Gasteiger charge is 2.22. The molecule has 0 amide bonds. The lowest BCUT2D eigenvalue weighted by molar-refractivity contribution is -0.136. The van der Waals surface area contributed by atoms with Crippen molar-refractivity contribution >= 4 is 5.97 Å². The molecule has 12 heavy (non-hydrogen) atoms. The van der Waals surface area contributed by atoms with Crippen molar-refractivity contribution in [3.05, 3.63) is 17.0 Å². The second kappa shape index (κ2) is 2.60. The maximum absolute atomic E-state index is 10.3. The Hall–Kier alpha value is -1.36. The average molecular weight is 169 g/mol. The van der Waals surface area contributed by atoms with Crippen LogP contribution in [-0.4, -0.2) is 16.2 Å². The van der Waals surface area contributed by atoms with E-state index < -0.39 is 5.97 Å². The predicted molar refractivity (Wildman–Crippen MR) is 36.3 cm³/mol. The van der Waals surface area contributed by atoms with Gasteiger partial charge in [-0.1, -0.05) is 5.16 Å². The minimum Gasteiger partial charge on any atom is -0.481 e. The van der Waals surface area contributed by atoms with Crippen molar-refractivity contribution in [2.45, 2.75) is 19.6 Å². The van der Waals surface area contributed by atoms with Gasteiger partial charge >= 0.3 is 5.97 Å². The molecule has 64 valence electrons. The number of fused-ring (bicyclic) bond motifs is 1. The van der Waals surface area contributed by atoms with E-state index in [0.29, 0.717) is 24.7 Å². The van der Waals surface area contributed by atoms with Crippen LogP contribution in [-0.2, 0) is 29.2 Å². The average Bonchev–Trinajstić information content (AvgIpc) is 2.52. The summed E-state index contributed by atoms with van der Waals surface area (Å²) in [7, 11) is 0. The highest BCUT2D eigenvalue weighted by Crippen LogP contribution is 2.23. The lowest BCUT2D eigenvalue weighted by Crippen LogP contribution is -2.02. The first-order valence-corrected chi connectivity index (χ1v) is 3.53. The van der Waals surface area contributed by atoms with Gasteiger partial charge in [-0.05, 0) is 0 Å². The van der Waals surface area contributed by atoms with Crippen LogP contribution in [0.3, 0.4) is 0 Å². The van der Waals surface area contributed by atoms with E-state index in [1.54, 1.807) is 0 Å². The first kappa shape index (κ1) is 7.30. The van der Waals surface area contributed by atoms with Crippen molar-refractivity contribution in [2.75, 3.05) is 0 Å². The van der Waals surface area contributed by atoms with Crippen molar-refractivity contribution in [3.8, 4) is 0 Å². The van der Waals surface area contributed by atoms with Crippen LogP contribution >= 0.6 is 0 Å². The fourth-order valence-electron chi connectivity index (χ4n) is 1.19. The van der Waals surface area contributed by atoms with E-state index in [9.17, 15) is 4.79 Å². The molecule has 2 heterocycles. The first-order valence-electron chi connectivity index (χ1n) is 3.53. The van der Waals surface area contributed by atoms with Crippen LogP contribution in [0.2, 0.25) is 0 Å². The summed E-state index contributed by atoms with van der Waals surface area (Å²) in [6.45, 7) is 0.823. The summed E-state index contributed by atoms with van der Waals surface area (Å²) in [4.78, 5) is 10.3. The molecule has 0 aromatic carbocycles. The maximum atomic E-state index is 10.3. The third kappa shape index (κ3) is 1.08. The van der Waals surface area contributed by atoms with E-state index in [1.807, 2.05) is 0 Å². The molecule has 1 aliphatic heterocycles. The van der Waals surface area contributed by atoms with Gasteiger partial charge in [0, 0.05) is 5.56 Å². The molecule has 2 rings (SSSR count). The van der Waals surface area contributed by atoms with Crippen molar-refractivity contribution in [1.82, 2.24) is 5.16 Å². The highest BCUT2D eigenvalue weighted by molar-refractivity contribution is 5.70. The van der Waals surface area contributed by atoms with Gasteiger partial charge in [0.15, 0.2) is 5.76 Å². The number of hydrogen-bond donors (Lipinski definition) is 1. The topological polar surface area (TPSA) is 72.6 Å². The van der Waals surface area contributed by atoms with E-state index in [-0.39, 0.29) is 6.42 Å². The zero-order chi connectivity index (χ0) is 8.55. The molecule has 0 spiro atoms. The van der Waals surface area contributed by atoms with Crippen molar-refractivity contribution in [1.29, 1.82) is 0 Å². The number of hydrogen-bond acceptors (Lipinski definition) is 4. The zero-order valence-corrected chi connectivity index (χ0v) is 6.24. The summed E-state index contributed by atoms with van der Waals surface area (Å²) >= 11 is 0. The largest absolute Gasteiger partial charge is 0.481 e. The normalized spacial score (nSPS) is 14.7. The number of ether oxygens (including phenoxy) is 1. The molecule has 0 unspecified atom stereocenters. The molecule has 1 N–H and O–H groups in total. The van der Waals surface area contributed by atoms with E-state index in [4.69, 9.17) is 14.4 Å². The Labute approximate surface area is 67.9 Å². The van der Waals surface area contributed by atoms with E-state index in [2.05, 4.69) is 5.16 Å². The van der Waals surface area contributed by atoms with Crippen molar-refractivity contribution in [3.63, 3.8) is 0 Å². The Kier molecular flexibility index (Phi) is 1.58. The van der Waals surface area contributed by atoms with Crippen LogP contribution in [0.1, 0.15) is 17.0 Å². The Morgan fingerprint density at radius 2 is 2.42 bits per heavy atom. The Morgan fingerprint density at radius 3 is 3.17 bits per heavy atom. The minimum atomic E-state index is -0.905. The summed E-state index contributed by atoms with van der Waals surface area (Å²) in [6, 6.07) is 0. The van der Waals surface area contributed by atoms with Crippen LogP contribution in [0.25, 0.3) is 0 Å². The molecule has 0 atom stereocenters. The Balaban J connectivity index is 2.27. The first-order chi connectivity index (χ1) is 5.77. The smallest absolute Gasteiger partial charge is 0.309 e. The monoisotopic (exact) mass is 169 g/mol. The quantitative estimate of drug-likeness (QED) is 0.690. The van der Waals surface area contributed by atoms with Gasteiger partial charge < -0.3 is 14.4 Å². The molecule has 0 saturated carbocycles. The number of aliphatic carboxylic acids is 1. The maximum Gasteiger partial charge on any atom is 0.309 e. The standard InChI is InChI=1S/C7H7NO4/c9-7(10)1-5-4-2-11-3-6(4)12-8-5/h1-3H2,(H,9,10). The van der Waals surface area contributed by atoms with E-state index in [0.717, 1.165) is 5.56 Å². The lowest BCUT2D eigenvalue weighted by atomic mass is 10.2. The summed E-state index contributed by atoms with van der Waals surface area (Å²) in [5, 5.41) is 12.1. The van der Waals surface area contributed by atoms with Crippen molar-refractivity contribution < 1.29 is 19.2 Å². The molecule has 1 aromatic heterocycles. The minimum absolute atomic E-state index is 0.0950. The highest BCUT2D eigenvalue weighted by atomic mass is 16.5. The van der Waals surface area contributed by atoms with Gasteiger partial charge in [-0.2, -0.15) is 0 Å². The third-order valence-electron chi connectivity index (χ3n) is 1.75. The summed E-state index contributed by atoms with van der Waals surface area (Å²) in [5.41, 5.74) is 1.28. The number of carboxylic acids is 1. The second-order valence-corrected chi connectivity index (χ2v) is 2.59. The summed E-state index contributed by atoms with van der Waals surface area (Å²) in [5.74, 6) is -0.246. The van der Waals surface area contributed by atoms with Crippen LogP contribution in [0.15, 0.2) is 4.52 Å². The molecule has 0 aliphatic carbocycles. The zero-order valence-electron chi connectivity index (χ0n) is 6.24. The predicted octanol–water partition coefficient (Wildman–Crippen LogP) is 0.332. The molecule has 0 bridgehead atoms. The van der Waals surface area contributed by atoms with Gasteiger partial charge in [-0.3, -0.25) is 4.79 Å². The third-order valence-corrected chi connectivity index (χ3v) is 1.75. The van der Waals surface area contributed by atoms with Crippen LogP contribution in [0.4, 0.5) is 0 Å². The number of rotatable bonds is 2. The Bertz CT molecular complexity index is 317. The molecule has 0 saturated heterocycles. The van der Waals surface area contributed by atoms with E-state index >= 15 is 0 Å². The van der Waals surface area contributed by atoms with Gasteiger partial charge in [-0.25, -0.2) is 0 Å². The summed E-state index contributed by atoms with van der Waals surface area (Å²) < 4.78 is 9.92. The molecular weight excluding hydrogens is 162 g/mol. The van der Waals surface area contributed by atoms with Crippen molar-refractivity contribution in [2.24, 2.45) is 0 Å². The lowest BCUT2D eigenvalue weighted by Gasteiger charge is -1.91. The van der Waals surface area contributed by atoms with Gasteiger partial charge in [-0.15, -0.1) is 0 Å². The number of carboxylic acid groups (broad SMARTS) is 1. The van der Waals surface area contributed by atoms with Crippen LogP contribution in [0, 0.1) is 0 Å². The van der Waals surface area contributed by atoms with Crippen LogP contribution < -0.4 is 0 Å². The van der Waals surface area contributed by atoms with Gasteiger partial charge in [0.25, 0.3) is 0 Å². The molecular formula is C7H7NO4. The van der Waals surface area contributed by atoms with Gasteiger partial charge in [0.1, 0.15) is 12.3 Å². The SMILES string of the molecule is O=C(O)Cc1noc2c1COC2. The fourth-order valence-corrected chi connectivity index (χ4v) is 1.19. The van der Waals surface area contributed by atoms with Gasteiger partial charge in [0.2, 0.25) is 0 Å². The second-order valence-electron chi connectivity index (χ2n) is 2.59. The molecule has 5 heteroatoms. The van der Waals surface area contributed by atoms with Gasteiger partial charge in [0.05, 0.1) is 13.0 Å². The molecule has 0 radical (unpaired) electrons. The number of aromatic nitrogens is 1. The van der Waals surface area contributed by atoms with Crippen LogP contribution in [0.5, 0.6) is 0 Å². The summed E-state index contributed by atoms with van der Waals surface area (Å²) in [6.07, 6.45) is -0.0950. The molecule has 1 aromatic rings. The van der Waals surface area contributed by atoms with E-state index in [1.165, 1.54) is 0 Å². The molecule has 5 nitrogen and oxygen atoms in total. The number of nitrogens with zero attached hydrogens (tertiary/aromatic N) is 1. The number of carbonyl (C=O) groups is 1. The molecule has 0 fully saturated rings. The Morgan fingerprint density at radius 1 is 1.58 bits per heavy atom. The fraction of sp³-hybridized carbons (Fsp3) is 0.429. The molecule has 1 aliphatic rings.